The summed E-state index contributed by atoms with van der Waals surface area (Å²) in [6.45, 7) is 0. The van der Waals surface area contributed by atoms with Crippen molar-refractivity contribution in [2.75, 3.05) is 11.5 Å². The second kappa shape index (κ2) is 2.29. The summed E-state index contributed by atoms with van der Waals surface area (Å²) >= 11 is 3.63. The van der Waals surface area contributed by atoms with E-state index in [2.05, 4.69) is 12.6 Å². The molecule has 1 rings (SSSR count). The van der Waals surface area contributed by atoms with Crippen molar-refractivity contribution in [3.05, 3.63) is 0 Å². The molecule has 0 N–H and O–H groups in total. The van der Waals surface area contributed by atoms with Gasteiger partial charge in [-0.2, -0.15) is 12.6 Å². The van der Waals surface area contributed by atoms with Crippen LogP contribution in [0.3, 0.4) is 0 Å². The first-order chi connectivity index (χ1) is 3.29. The molecule has 0 spiro atoms. The van der Waals surface area contributed by atoms with Gasteiger partial charge in [-0.05, 0) is 0 Å². The summed E-state index contributed by atoms with van der Waals surface area (Å²) in [5.74, 6) is 1.68. The summed E-state index contributed by atoms with van der Waals surface area (Å²) in [5, 5.41) is 0.417. The van der Waals surface area contributed by atoms with Crippen LogP contribution in [-0.2, 0) is 11.2 Å². The van der Waals surface area contributed by atoms with Gasteiger partial charge < -0.3 is 4.55 Å². The van der Waals surface area contributed by atoms with Gasteiger partial charge in [-0.15, -0.1) is 0 Å². The van der Waals surface area contributed by atoms with Crippen molar-refractivity contribution in [2.24, 2.45) is 0 Å². The van der Waals surface area contributed by atoms with E-state index >= 15 is 0 Å². The van der Waals surface area contributed by atoms with Crippen LogP contribution in [0.2, 0.25) is 0 Å². The van der Waals surface area contributed by atoms with Crippen molar-refractivity contribution in [2.45, 2.75) is 11.7 Å². The van der Waals surface area contributed by atoms with E-state index in [4.69, 9.17) is 0 Å². The van der Waals surface area contributed by atoms with Crippen molar-refractivity contribution >= 4 is 23.8 Å². The molecular weight excluding hydrogens is 128 g/mol. The molecule has 1 heterocycles. The number of hydrogen-bond acceptors (Lipinski definition) is 2. The first kappa shape index (κ1) is 5.79. The Morgan fingerprint density at radius 3 is 2.57 bits per heavy atom. The Kier molecular flexibility index (Phi) is 1.89. The minimum atomic E-state index is -0.529. The molecule has 0 aromatic heterocycles. The van der Waals surface area contributed by atoms with Gasteiger partial charge in [0.15, 0.2) is 0 Å². The predicted octanol–water partition coefficient (Wildman–Crippen LogP) is 0.437. The number of rotatable bonds is 0. The molecule has 2 atom stereocenters. The molecule has 3 heteroatoms. The predicted molar refractivity (Wildman–Crippen MR) is 35.3 cm³/mol. The Bertz CT molecular complexity index is 58.7. The molecular formula is C4H8OS2. The van der Waals surface area contributed by atoms with Gasteiger partial charge in [-0.25, -0.2) is 0 Å². The molecule has 42 valence electrons. The highest BCUT2D eigenvalue weighted by Gasteiger charge is 2.21. The molecule has 0 radical (unpaired) electrons. The van der Waals surface area contributed by atoms with Crippen LogP contribution < -0.4 is 0 Å². The number of hydrogen-bond donors (Lipinski definition) is 1. The van der Waals surface area contributed by atoms with Crippen LogP contribution in [0.15, 0.2) is 0 Å². The normalized spacial score (nSPS) is 42.0. The summed E-state index contributed by atoms with van der Waals surface area (Å²) in [4.78, 5) is 0. The van der Waals surface area contributed by atoms with E-state index in [0.29, 0.717) is 5.25 Å². The zero-order valence-electron chi connectivity index (χ0n) is 3.96. The van der Waals surface area contributed by atoms with Gasteiger partial charge >= 0.3 is 0 Å². The molecule has 1 aliphatic heterocycles. The SMILES string of the molecule is [O-][S+]1CCC(S)C1. The Morgan fingerprint density at radius 2 is 2.43 bits per heavy atom. The van der Waals surface area contributed by atoms with Gasteiger partial charge in [0.05, 0.1) is 5.25 Å². The Hall–Kier alpha value is 0.660. The molecule has 1 saturated heterocycles. The van der Waals surface area contributed by atoms with Crippen LogP contribution in [0.1, 0.15) is 6.42 Å². The molecule has 1 nitrogen and oxygen atoms in total. The van der Waals surface area contributed by atoms with Crippen molar-refractivity contribution in [1.29, 1.82) is 0 Å². The summed E-state index contributed by atoms with van der Waals surface area (Å²) < 4.78 is 10.5. The lowest BCUT2D eigenvalue weighted by molar-refractivity contribution is 0.601. The molecule has 0 amide bonds. The molecule has 1 aliphatic rings. The Balaban J connectivity index is 2.26. The van der Waals surface area contributed by atoms with Crippen molar-refractivity contribution in [1.82, 2.24) is 0 Å². The van der Waals surface area contributed by atoms with Gasteiger partial charge in [0.2, 0.25) is 0 Å². The van der Waals surface area contributed by atoms with Crippen LogP contribution >= 0.6 is 12.6 Å². The third-order valence-electron chi connectivity index (χ3n) is 1.06. The van der Waals surface area contributed by atoms with E-state index in [1.807, 2.05) is 0 Å². The highest BCUT2D eigenvalue weighted by atomic mass is 32.2. The minimum absolute atomic E-state index is 0.417. The first-order valence-electron chi connectivity index (χ1n) is 2.32. The molecule has 0 bridgehead atoms. The van der Waals surface area contributed by atoms with Crippen LogP contribution in [0.5, 0.6) is 0 Å². The smallest absolute Gasteiger partial charge is 0.117 e. The van der Waals surface area contributed by atoms with Gasteiger partial charge in [0, 0.05) is 6.42 Å². The second-order valence-electron chi connectivity index (χ2n) is 1.75. The molecule has 0 saturated carbocycles. The van der Waals surface area contributed by atoms with Crippen molar-refractivity contribution < 1.29 is 4.55 Å². The lowest BCUT2D eigenvalue weighted by atomic mass is 10.4. The molecule has 1 fully saturated rings. The van der Waals surface area contributed by atoms with E-state index in [1.54, 1.807) is 0 Å². The quantitative estimate of drug-likeness (QED) is 0.379. The second-order valence-corrected chi connectivity index (χ2v) is 4.10. The van der Waals surface area contributed by atoms with Crippen LogP contribution in [0.25, 0.3) is 0 Å². The van der Waals surface area contributed by atoms with E-state index in [9.17, 15) is 4.55 Å². The van der Waals surface area contributed by atoms with Gasteiger partial charge in [-0.3, -0.25) is 0 Å². The van der Waals surface area contributed by atoms with E-state index in [1.165, 1.54) is 0 Å². The largest absolute Gasteiger partial charge is 0.616 e. The fraction of sp³-hybridized carbons (Fsp3) is 1.00. The summed E-state index contributed by atoms with van der Waals surface area (Å²) in [7, 11) is 0. The van der Waals surface area contributed by atoms with Crippen LogP contribution in [0.4, 0.5) is 0 Å². The lowest BCUT2D eigenvalue weighted by Gasteiger charge is -1.97. The lowest BCUT2D eigenvalue weighted by Crippen LogP contribution is -2.03. The average Bonchev–Trinajstić information content (AvgIpc) is 1.87. The average molecular weight is 136 g/mol. The van der Waals surface area contributed by atoms with Crippen LogP contribution in [0, 0.1) is 0 Å². The van der Waals surface area contributed by atoms with Crippen LogP contribution in [-0.4, -0.2) is 21.3 Å². The fourth-order valence-corrected chi connectivity index (χ4v) is 2.76. The zero-order valence-corrected chi connectivity index (χ0v) is 5.67. The summed E-state index contributed by atoms with van der Waals surface area (Å²) in [6, 6.07) is 0. The fourth-order valence-electron chi connectivity index (χ4n) is 0.649. The first-order valence-corrected chi connectivity index (χ1v) is 4.32. The van der Waals surface area contributed by atoms with Gasteiger partial charge in [0.1, 0.15) is 11.5 Å². The van der Waals surface area contributed by atoms with E-state index in [0.717, 1.165) is 17.9 Å². The molecule has 0 aromatic carbocycles. The van der Waals surface area contributed by atoms with E-state index in [-0.39, 0.29) is 0 Å². The van der Waals surface area contributed by atoms with Crippen molar-refractivity contribution in [3.63, 3.8) is 0 Å². The Morgan fingerprint density at radius 1 is 1.71 bits per heavy atom. The van der Waals surface area contributed by atoms with E-state index < -0.39 is 11.2 Å². The van der Waals surface area contributed by atoms with Gasteiger partial charge in [0.25, 0.3) is 0 Å². The summed E-state index contributed by atoms with van der Waals surface area (Å²) in [5.41, 5.74) is 0. The number of thiol groups is 1. The third-order valence-corrected chi connectivity index (χ3v) is 3.21. The maximum atomic E-state index is 10.5. The van der Waals surface area contributed by atoms with Crippen molar-refractivity contribution in [3.8, 4) is 0 Å². The maximum absolute atomic E-state index is 10.5. The minimum Gasteiger partial charge on any atom is -0.616 e. The highest BCUT2D eigenvalue weighted by molar-refractivity contribution is 7.93. The topological polar surface area (TPSA) is 23.1 Å². The monoisotopic (exact) mass is 136 g/mol. The molecule has 2 unspecified atom stereocenters. The molecule has 0 aromatic rings. The molecule has 7 heavy (non-hydrogen) atoms. The maximum Gasteiger partial charge on any atom is 0.117 e. The van der Waals surface area contributed by atoms with Gasteiger partial charge in [-0.1, -0.05) is 11.2 Å². The Labute approximate surface area is 52.1 Å². The standard InChI is InChI=1S/C4H8OS2/c5-7-2-1-4(6)3-7/h4,6H,1-3H2. The third kappa shape index (κ3) is 1.55. The molecule has 0 aliphatic carbocycles. The summed E-state index contributed by atoms with van der Waals surface area (Å²) in [6.07, 6.45) is 1.04. The zero-order chi connectivity index (χ0) is 5.28. The highest BCUT2D eigenvalue weighted by Crippen LogP contribution is 2.15.